The fraction of sp³-hybridized carbons (Fsp3) is 0.150. The van der Waals surface area contributed by atoms with Gasteiger partial charge in [0, 0.05) is 5.02 Å². The number of hydrogen-bond acceptors (Lipinski definition) is 3. The van der Waals surface area contributed by atoms with Gasteiger partial charge in [0.1, 0.15) is 18.1 Å². The maximum Gasteiger partial charge on any atom is 0.163 e. The Hall–Kier alpha value is -2.52. The molecule has 3 rings (SSSR count). The van der Waals surface area contributed by atoms with Crippen LogP contribution >= 0.6 is 11.6 Å². The van der Waals surface area contributed by atoms with Crippen LogP contribution in [0.3, 0.4) is 0 Å². The van der Waals surface area contributed by atoms with Crippen molar-refractivity contribution in [1.29, 1.82) is 0 Å². The Balaban J connectivity index is 2.05. The van der Waals surface area contributed by atoms with E-state index in [0.717, 1.165) is 16.5 Å². The van der Waals surface area contributed by atoms with Crippen molar-refractivity contribution in [3.05, 3.63) is 70.2 Å². The second-order valence-electron chi connectivity index (χ2n) is 5.75. The zero-order chi connectivity index (χ0) is 17.3. The maximum atomic E-state index is 11.8. The van der Waals surface area contributed by atoms with E-state index in [2.05, 4.69) is 0 Å². The fourth-order valence-corrected chi connectivity index (χ4v) is 3.10. The summed E-state index contributed by atoms with van der Waals surface area (Å²) in [6.45, 7) is 3.58. The van der Waals surface area contributed by atoms with Crippen molar-refractivity contribution in [1.82, 2.24) is 0 Å². The molecular formula is C20H17ClO3. The van der Waals surface area contributed by atoms with Gasteiger partial charge in [-0.15, -0.1) is 0 Å². The third-order valence-corrected chi connectivity index (χ3v) is 4.17. The molecule has 122 valence electrons. The van der Waals surface area contributed by atoms with E-state index in [1.54, 1.807) is 12.1 Å². The number of phenolic OH excluding ortho intramolecular Hbond substituents is 1. The molecule has 0 atom stereocenters. The van der Waals surface area contributed by atoms with Gasteiger partial charge in [-0.05, 0) is 48.6 Å². The standard InChI is InChI=1S/C20H17ClO3/c1-12-9-15-6-4-8-17(19(15)20(23)18(12)13(2)22)24-11-14-5-3-7-16(21)10-14/h3-10,23H,11H2,1-2H3. The minimum absolute atomic E-state index is 0.0285. The molecule has 0 spiro atoms. The fourth-order valence-electron chi connectivity index (χ4n) is 2.89. The lowest BCUT2D eigenvalue weighted by molar-refractivity contribution is 0.101. The van der Waals surface area contributed by atoms with Gasteiger partial charge in [-0.25, -0.2) is 0 Å². The smallest absolute Gasteiger partial charge is 0.163 e. The monoisotopic (exact) mass is 340 g/mol. The van der Waals surface area contributed by atoms with Gasteiger partial charge < -0.3 is 9.84 Å². The second-order valence-corrected chi connectivity index (χ2v) is 6.18. The minimum Gasteiger partial charge on any atom is -0.506 e. The van der Waals surface area contributed by atoms with Gasteiger partial charge >= 0.3 is 0 Å². The van der Waals surface area contributed by atoms with E-state index in [-0.39, 0.29) is 11.5 Å². The first-order chi connectivity index (χ1) is 11.5. The molecule has 0 aliphatic heterocycles. The number of aromatic hydroxyl groups is 1. The third-order valence-electron chi connectivity index (χ3n) is 3.93. The van der Waals surface area contributed by atoms with E-state index in [1.807, 2.05) is 43.3 Å². The van der Waals surface area contributed by atoms with Crippen LogP contribution in [0.1, 0.15) is 28.4 Å². The molecule has 0 aliphatic rings. The zero-order valence-electron chi connectivity index (χ0n) is 13.5. The Kier molecular flexibility index (Phi) is 4.45. The average molecular weight is 341 g/mol. The molecule has 0 radical (unpaired) electrons. The minimum atomic E-state index is -0.170. The van der Waals surface area contributed by atoms with Crippen molar-refractivity contribution in [2.75, 3.05) is 0 Å². The molecule has 0 heterocycles. The summed E-state index contributed by atoms with van der Waals surface area (Å²) < 4.78 is 5.89. The number of hydrogen-bond donors (Lipinski definition) is 1. The summed E-state index contributed by atoms with van der Waals surface area (Å²) in [6, 6.07) is 14.8. The molecule has 24 heavy (non-hydrogen) atoms. The largest absolute Gasteiger partial charge is 0.506 e. The number of phenols is 1. The summed E-state index contributed by atoms with van der Waals surface area (Å²) in [5.74, 6) is 0.336. The number of benzene rings is 3. The van der Waals surface area contributed by atoms with E-state index in [0.29, 0.717) is 28.3 Å². The highest BCUT2D eigenvalue weighted by Gasteiger charge is 2.17. The molecule has 0 saturated carbocycles. The zero-order valence-corrected chi connectivity index (χ0v) is 14.2. The van der Waals surface area contributed by atoms with E-state index < -0.39 is 0 Å². The van der Waals surface area contributed by atoms with Crippen molar-refractivity contribution in [3.63, 3.8) is 0 Å². The molecule has 0 unspecified atom stereocenters. The number of ketones is 1. The SMILES string of the molecule is CC(=O)c1c(C)cc2cccc(OCc3cccc(Cl)c3)c2c1O. The maximum absolute atomic E-state index is 11.8. The van der Waals surface area contributed by atoms with Crippen LogP contribution < -0.4 is 4.74 Å². The lowest BCUT2D eigenvalue weighted by Crippen LogP contribution is -2.00. The van der Waals surface area contributed by atoms with Crippen molar-refractivity contribution in [2.45, 2.75) is 20.5 Å². The molecule has 0 bridgehead atoms. The lowest BCUT2D eigenvalue weighted by Gasteiger charge is -2.14. The summed E-state index contributed by atoms with van der Waals surface area (Å²) in [5.41, 5.74) is 2.01. The summed E-state index contributed by atoms with van der Waals surface area (Å²) in [7, 11) is 0. The predicted octanol–water partition coefficient (Wildman–Crippen LogP) is 5.29. The van der Waals surface area contributed by atoms with E-state index >= 15 is 0 Å². The highest BCUT2D eigenvalue weighted by Crippen LogP contribution is 2.38. The Morgan fingerprint density at radius 1 is 1.17 bits per heavy atom. The molecule has 0 saturated heterocycles. The van der Waals surface area contributed by atoms with Crippen LogP contribution in [-0.4, -0.2) is 10.9 Å². The van der Waals surface area contributed by atoms with Gasteiger partial charge in [0.25, 0.3) is 0 Å². The normalized spacial score (nSPS) is 10.8. The predicted molar refractivity (Wildman–Crippen MR) is 96.1 cm³/mol. The Morgan fingerprint density at radius 2 is 1.92 bits per heavy atom. The Bertz CT molecular complexity index is 932. The number of rotatable bonds is 4. The second kappa shape index (κ2) is 6.54. The molecule has 3 aromatic carbocycles. The summed E-state index contributed by atoms with van der Waals surface area (Å²) >= 11 is 5.99. The topological polar surface area (TPSA) is 46.5 Å². The molecule has 0 fully saturated rings. The molecular weight excluding hydrogens is 324 g/mol. The highest BCUT2D eigenvalue weighted by atomic mass is 35.5. The number of ether oxygens (including phenoxy) is 1. The van der Waals surface area contributed by atoms with Gasteiger partial charge in [-0.3, -0.25) is 4.79 Å². The molecule has 3 nitrogen and oxygen atoms in total. The van der Waals surface area contributed by atoms with E-state index in [4.69, 9.17) is 16.3 Å². The number of Topliss-reactive ketones (excluding diaryl/α,β-unsaturated/α-hetero) is 1. The lowest BCUT2D eigenvalue weighted by atomic mass is 9.97. The number of fused-ring (bicyclic) bond motifs is 1. The van der Waals surface area contributed by atoms with Gasteiger partial charge in [-0.1, -0.05) is 41.9 Å². The number of aryl methyl sites for hydroxylation is 1. The number of carbonyl (C=O) groups excluding carboxylic acids is 1. The van der Waals surface area contributed by atoms with Gasteiger partial charge in [-0.2, -0.15) is 0 Å². The summed E-state index contributed by atoms with van der Waals surface area (Å²) in [4.78, 5) is 11.8. The quantitative estimate of drug-likeness (QED) is 0.656. The molecule has 4 heteroatoms. The average Bonchev–Trinajstić information content (AvgIpc) is 2.52. The first kappa shape index (κ1) is 16.3. The molecule has 3 aromatic rings. The first-order valence-corrected chi connectivity index (χ1v) is 7.98. The third kappa shape index (κ3) is 3.08. The summed E-state index contributed by atoms with van der Waals surface area (Å²) in [5, 5.41) is 12.6. The summed E-state index contributed by atoms with van der Waals surface area (Å²) in [6.07, 6.45) is 0. The van der Waals surface area contributed by atoms with Gasteiger partial charge in [0.2, 0.25) is 0 Å². The van der Waals surface area contributed by atoms with Crippen molar-refractivity contribution in [2.24, 2.45) is 0 Å². The van der Waals surface area contributed by atoms with Crippen LogP contribution in [0.2, 0.25) is 5.02 Å². The van der Waals surface area contributed by atoms with Crippen LogP contribution in [-0.2, 0) is 6.61 Å². The highest BCUT2D eigenvalue weighted by molar-refractivity contribution is 6.30. The number of halogens is 1. The molecule has 0 amide bonds. The van der Waals surface area contributed by atoms with Gasteiger partial charge in [0.05, 0.1) is 10.9 Å². The Labute approximate surface area is 145 Å². The first-order valence-electron chi connectivity index (χ1n) is 7.61. The van der Waals surface area contributed by atoms with Crippen molar-refractivity contribution < 1.29 is 14.6 Å². The molecule has 0 aromatic heterocycles. The molecule has 0 aliphatic carbocycles. The van der Waals surface area contributed by atoms with Crippen LogP contribution in [0.4, 0.5) is 0 Å². The van der Waals surface area contributed by atoms with Crippen molar-refractivity contribution in [3.8, 4) is 11.5 Å². The van der Waals surface area contributed by atoms with Gasteiger partial charge in [0.15, 0.2) is 5.78 Å². The van der Waals surface area contributed by atoms with Crippen LogP contribution in [0, 0.1) is 6.92 Å². The van der Waals surface area contributed by atoms with Crippen LogP contribution in [0.15, 0.2) is 48.5 Å². The van der Waals surface area contributed by atoms with E-state index in [9.17, 15) is 9.90 Å². The molecule has 1 N–H and O–H groups in total. The van der Waals surface area contributed by atoms with Crippen molar-refractivity contribution >= 4 is 28.2 Å². The Morgan fingerprint density at radius 3 is 2.62 bits per heavy atom. The van der Waals surface area contributed by atoms with E-state index in [1.165, 1.54) is 6.92 Å². The van der Waals surface area contributed by atoms with Crippen LogP contribution in [0.25, 0.3) is 10.8 Å². The van der Waals surface area contributed by atoms with Crippen LogP contribution in [0.5, 0.6) is 11.5 Å². The number of carbonyl (C=O) groups is 1.